The second-order valence-corrected chi connectivity index (χ2v) is 21.7. The summed E-state index contributed by atoms with van der Waals surface area (Å²) in [4.78, 5) is 51.8. The minimum absolute atomic E-state index is 0.223. The Bertz CT molecular complexity index is 2830. The zero-order valence-corrected chi connectivity index (χ0v) is 47.9. The first-order valence-corrected chi connectivity index (χ1v) is 30.2. The third-order valence-corrected chi connectivity index (χ3v) is 15.4. The first-order chi connectivity index (χ1) is 39.2. The Morgan fingerprint density at radius 2 is 0.463 bits per heavy atom. The van der Waals surface area contributed by atoms with Crippen LogP contribution in [0.2, 0.25) is 0 Å². The molecule has 0 N–H and O–H groups in total. The molecule has 0 heterocycles. The van der Waals surface area contributed by atoms with Gasteiger partial charge in [-0.3, -0.25) is 19.2 Å². The highest BCUT2D eigenvalue weighted by molar-refractivity contribution is 6.32. The van der Waals surface area contributed by atoms with Crippen molar-refractivity contribution < 1.29 is 38.1 Å². The molecule has 0 fully saturated rings. The smallest absolute Gasteiger partial charge is 0.311 e. The molecule has 80 heavy (non-hydrogen) atoms. The van der Waals surface area contributed by atoms with E-state index in [-0.39, 0.29) is 23.9 Å². The van der Waals surface area contributed by atoms with E-state index >= 15 is 0 Å². The summed E-state index contributed by atoms with van der Waals surface area (Å²) in [5, 5.41) is 6.39. The van der Waals surface area contributed by atoms with Crippen molar-refractivity contribution in [1.29, 1.82) is 0 Å². The van der Waals surface area contributed by atoms with Gasteiger partial charge in [-0.15, -0.1) is 0 Å². The summed E-state index contributed by atoms with van der Waals surface area (Å²) >= 11 is 0. The lowest BCUT2D eigenvalue weighted by molar-refractivity contribution is -0.135. The van der Waals surface area contributed by atoms with Crippen molar-refractivity contribution in [3.8, 4) is 67.5 Å². The normalized spacial score (nSPS) is 11.4. The second-order valence-electron chi connectivity index (χ2n) is 21.7. The topological polar surface area (TPSA) is 105 Å². The van der Waals surface area contributed by atoms with E-state index in [1.807, 2.05) is 97.1 Å². The van der Waals surface area contributed by atoms with Crippen molar-refractivity contribution >= 4 is 56.2 Å². The monoisotopic (exact) mass is 1070 g/mol. The first-order valence-electron chi connectivity index (χ1n) is 30.2. The van der Waals surface area contributed by atoms with Gasteiger partial charge in [0.1, 0.15) is 23.0 Å². The van der Waals surface area contributed by atoms with Crippen LogP contribution < -0.4 is 18.9 Å². The van der Waals surface area contributed by atoms with E-state index in [2.05, 4.69) is 64.1 Å². The van der Waals surface area contributed by atoms with Crippen LogP contribution in [-0.4, -0.2) is 23.9 Å². The lowest BCUT2D eigenvalue weighted by atomic mass is 9.82. The fraction of sp³-hybridized carbons (Fsp3) is 0.389. The van der Waals surface area contributed by atoms with Crippen molar-refractivity contribution in [2.75, 3.05) is 0 Å². The van der Waals surface area contributed by atoms with Crippen LogP contribution in [-0.2, 0) is 19.2 Å². The lowest BCUT2D eigenvalue weighted by Gasteiger charge is -2.22. The quantitative estimate of drug-likeness (QED) is 0.0178. The number of unbranched alkanes of at least 4 members (excludes halogenated alkanes) is 16. The van der Waals surface area contributed by atoms with Gasteiger partial charge in [0.25, 0.3) is 0 Å². The van der Waals surface area contributed by atoms with Crippen LogP contribution in [0, 0.1) is 0 Å². The van der Waals surface area contributed by atoms with Gasteiger partial charge in [-0.1, -0.05) is 203 Å². The van der Waals surface area contributed by atoms with Crippen LogP contribution in [0.15, 0.2) is 133 Å². The Kier molecular flexibility index (Phi) is 22.3. The van der Waals surface area contributed by atoms with E-state index in [0.717, 1.165) is 180 Å². The number of esters is 4. The van der Waals surface area contributed by atoms with Crippen molar-refractivity contribution in [3.63, 3.8) is 0 Å². The molecule has 8 heteroatoms. The molecule has 0 aliphatic rings. The Morgan fingerprint density at radius 3 is 0.662 bits per heavy atom. The average Bonchev–Trinajstić information content (AvgIpc) is 3.57. The first kappa shape index (κ1) is 58.8. The number of carbonyl (C=O) groups is 4. The van der Waals surface area contributed by atoms with Crippen LogP contribution in [0.3, 0.4) is 0 Å². The maximum absolute atomic E-state index is 12.9. The largest absolute Gasteiger partial charge is 0.427 e. The summed E-state index contributed by atoms with van der Waals surface area (Å²) in [6, 6.07) is 44.7. The van der Waals surface area contributed by atoms with Crippen molar-refractivity contribution in [2.24, 2.45) is 0 Å². The highest BCUT2D eigenvalue weighted by atomic mass is 16.5. The summed E-state index contributed by atoms with van der Waals surface area (Å²) in [7, 11) is 0. The van der Waals surface area contributed by atoms with Gasteiger partial charge in [-0.05, 0) is 163 Å². The Labute approximate surface area is 474 Å². The number of benzene rings is 8. The van der Waals surface area contributed by atoms with Crippen molar-refractivity contribution in [1.82, 2.24) is 0 Å². The molecular formula is C72H82O8. The molecule has 418 valence electrons. The number of ether oxygens (including phenoxy) is 4. The minimum atomic E-state index is -0.223. The molecule has 8 aromatic carbocycles. The molecule has 0 radical (unpaired) electrons. The molecule has 0 bridgehead atoms. The van der Waals surface area contributed by atoms with E-state index in [4.69, 9.17) is 18.9 Å². The van der Waals surface area contributed by atoms with E-state index in [0.29, 0.717) is 48.7 Å². The maximum Gasteiger partial charge on any atom is 0.311 e. The average molecular weight is 1080 g/mol. The molecule has 0 amide bonds. The summed E-state index contributed by atoms with van der Waals surface area (Å²) < 4.78 is 23.4. The molecule has 0 saturated carbocycles. The van der Waals surface area contributed by atoms with Crippen LogP contribution in [0.1, 0.15) is 182 Å². The van der Waals surface area contributed by atoms with Crippen molar-refractivity contribution in [2.45, 2.75) is 182 Å². The summed E-state index contributed by atoms with van der Waals surface area (Å²) in [6.45, 7) is 8.74. The fourth-order valence-electron chi connectivity index (χ4n) is 11.0. The predicted molar refractivity (Wildman–Crippen MR) is 328 cm³/mol. The third-order valence-electron chi connectivity index (χ3n) is 15.4. The van der Waals surface area contributed by atoms with Gasteiger partial charge in [-0.25, -0.2) is 0 Å². The maximum atomic E-state index is 12.9. The molecule has 0 unspecified atom stereocenters. The molecular weight excluding hydrogens is 993 g/mol. The Balaban J connectivity index is 1.22. The van der Waals surface area contributed by atoms with Gasteiger partial charge < -0.3 is 18.9 Å². The van der Waals surface area contributed by atoms with Gasteiger partial charge in [0, 0.05) is 25.7 Å². The van der Waals surface area contributed by atoms with Crippen LogP contribution in [0.5, 0.6) is 23.0 Å². The molecule has 0 aliphatic carbocycles. The summed E-state index contributed by atoms with van der Waals surface area (Å²) in [5.41, 5.74) is 7.89. The number of hydrogen-bond donors (Lipinski definition) is 0. The van der Waals surface area contributed by atoms with Gasteiger partial charge in [0.2, 0.25) is 0 Å². The molecule has 0 aromatic heterocycles. The highest BCUT2D eigenvalue weighted by Crippen LogP contribution is 2.49. The van der Waals surface area contributed by atoms with Crippen LogP contribution in [0.4, 0.5) is 0 Å². The highest BCUT2D eigenvalue weighted by Gasteiger charge is 2.22. The van der Waals surface area contributed by atoms with Crippen LogP contribution in [0.25, 0.3) is 76.8 Å². The molecule has 8 rings (SSSR count). The standard InChI is InChI=1S/C72H82O8/c1-5-9-13-17-21-25-67(73)77-55-37-29-51(30-38-55)63-49-64(52-31-39-56(40-32-52)78-68(74)26-22-18-14-10-6-2)60-47-48-62-66(54-35-43-58(44-36-54)80-70(76)28-24-20-16-12-8-4)50-65(61-46-45-59(63)71(60)72(61)62)53-33-41-57(42-34-53)79-69(75)27-23-19-15-11-7-3/h29-50H,5-28H2,1-4H3. The molecule has 0 atom stereocenters. The zero-order valence-electron chi connectivity index (χ0n) is 47.9. The Hall–Kier alpha value is -7.32. The number of carbonyl (C=O) groups excluding carboxylic acids is 4. The van der Waals surface area contributed by atoms with E-state index in [1.54, 1.807) is 0 Å². The summed E-state index contributed by atoms with van der Waals surface area (Å²) in [5.74, 6) is 1.15. The number of hydrogen-bond acceptors (Lipinski definition) is 8. The van der Waals surface area contributed by atoms with Gasteiger partial charge in [-0.2, -0.15) is 0 Å². The molecule has 0 spiro atoms. The SMILES string of the molecule is CCCCCCCC(=O)Oc1ccc(-c2cc(-c3ccc(OC(=O)CCCCCCC)cc3)c3ccc4c(-c5ccc(OC(=O)CCCCCCC)cc5)cc(-c5ccc(OC(=O)CCCCCCC)cc5)c5ccc2c3c54)cc1. The molecule has 0 saturated heterocycles. The van der Waals surface area contributed by atoms with E-state index < -0.39 is 0 Å². The van der Waals surface area contributed by atoms with Gasteiger partial charge in [0.05, 0.1) is 0 Å². The lowest BCUT2D eigenvalue weighted by Crippen LogP contribution is -2.07. The third kappa shape index (κ3) is 16.0. The van der Waals surface area contributed by atoms with Gasteiger partial charge in [0.15, 0.2) is 0 Å². The number of rotatable bonds is 32. The molecule has 8 aromatic rings. The predicted octanol–water partition coefficient (Wildman–Crippen LogP) is 20.3. The minimum Gasteiger partial charge on any atom is -0.427 e. The fourth-order valence-corrected chi connectivity index (χ4v) is 11.0. The summed E-state index contributed by atoms with van der Waals surface area (Å²) in [6.07, 6.45) is 22.6. The Morgan fingerprint density at radius 1 is 0.263 bits per heavy atom. The van der Waals surface area contributed by atoms with E-state index in [9.17, 15) is 19.2 Å². The van der Waals surface area contributed by atoms with E-state index in [1.165, 1.54) is 25.7 Å². The molecule has 8 nitrogen and oxygen atoms in total. The molecule has 0 aliphatic heterocycles. The van der Waals surface area contributed by atoms with Gasteiger partial charge >= 0.3 is 23.9 Å². The second kappa shape index (κ2) is 30.3. The zero-order chi connectivity index (χ0) is 56.1. The van der Waals surface area contributed by atoms with Crippen molar-refractivity contribution in [3.05, 3.63) is 133 Å². The van der Waals surface area contributed by atoms with Crippen LogP contribution >= 0.6 is 0 Å².